The van der Waals surface area contributed by atoms with Gasteiger partial charge in [-0.1, -0.05) is 30.3 Å². The Hall–Kier alpha value is -1.30. The zero-order chi connectivity index (χ0) is 15.0. The van der Waals surface area contributed by atoms with Crippen LogP contribution in [0.2, 0.25) is 0 Å². The van der Waals surface area contributed by atoms with Crippen molar-refractivity contribution in [1.82, 2.24) is 5.32 Å². The van der Waals surface area contributed by atoms with E-state index in [4.69, 9.17) is 21.8 Å². The van der Waals surface area contributed by atoms with E-state index in [0.717, 1.165) is 5.56 Å². The van der Waals surface area contributed by atoms with Crippen molar-refractivity contribution in [2.24, 2.45) is 0 Å². The average Bonchev–Trinajstić information content (AvgIpc) is 2.44. The Balaban J connectivity index is 2.88. The van der Waals surface area contributed by atoms with Crippen LogP contribution in [0.4, 0.5) is 4.79 Å². The largest absolute Gasteiger partial charge is 0.465 e. The summed E-state index contributed by atoms with van der Waals surface area (Å²) in [6.07, 6.45) is -0.291. The predicted octanol–water partition coefficient (Wildman–Crippen LogP) is 1.61. The summed E-state index contributed by atoms with van der Waals surface area (Å²) in [5.74, 6) is -0.106. The van der Waals surface area contributed by atoms with Crippen molar-refractivity contribution in [2.45, 2.75) is 30.9 Å². The maximum Gasteiger partial charge on any atom is 0.404 e. The SMILES string of the molecule is O=C(O)N[C@@H](Cc1ccccc1)[C@](O)(CCl)CCCO. The van der Waals surface area contributed by atoms with Gasteiger partial charge in [-0.25, -0.2) is 4.79 Å². The molecule has 0 saturated carbocycles. The zero-order valence-electron chi connectivity index (χ0n) is 11.1. The van der Waals surface area contributed by atoms with Gasteiger partial charge in [-0.3, -0.25) is 0 Å². The van der Waals surface area contributed by atoms with E-state index in [0.29, 0.717) is 12.8 Å². The third-order valence-corrected chi connectivity index (χ3v) is 3.69. The fourth-order valence-electron chi connectivity index (χ4n) is 2.09. The normalized spacial score (nSPS) is 15.3. The molecule has 1 aromatic rings. The summed E-state index contributed by atoms with van der Waals surface area (Å²) in [5.41, 5.74) is -0.489. The number of aliphatic hydroxyl groups is 2. The predicted molar refractivity (Wildman–Crippen MR) is 77.1 cm³/mol. The van der Waals surface area contributed by atoms with Crippen molar-refractivity contribution < 1.29 is 20.1 Å². The lowest BCUT2D eigenvalue weighted by Gasteiger charge is -2.34. The van der Waals surface area contributed by atoms with Crippen LogP contribution in [0.25, 0.3) is 0 Å². The summed E-state index contributed by atoms with van der Waals surface area (Å²) in [7, 11) is 0. The average molecular weight is 302 g/mol. The number of amides is 1. The fraction of sp³-hybridized carbons (Fsp3) is 0.500. The minimum Gasteiger partial charge on any atom is -0.465 e. The van der Waals surface area contributed by atoms with Gasteiger partial charge in [0, 0.05) is 6.61 Å². The van der Waals surface area contributed by atoms with Crippen molar-refractivity contribution in [3.8, 4) is 0 Å². The van der Waals surface area contributed by atoms with Crippen LogP contribution >= 0.6 is 11.6 Å². The molecule has 0 bridgehead atoms. The summed E-state index contributed by atoms with van der Waals surface area (Å²) in [5, 5.41) is 30.7. The molecule has 4 N–H and O–H groups in total. The lowest BCUT2D eigenvalue weighted by Crippen LogP contribution is -2.55. The molecule has 1 rings (SSSR count). The number of hydrogen-bond acceptors (Lipinski definition) is 3. The van der Waals surface area contributed by atoms with Gasteiger partial charge in [-0.05, 0) is 24.8 Å². The molecule has 0 unspecified atom stereocenters. The molecule has 5 nitrogen and oxygen atoms in total. The zero-order valence-corrected chi connectivity index (χ0v) is 11.9. The van der Waals surface area contributed by atoms with Crippen LogP contribution in [-0.4, -0.2) is 45.5 Å². The van der Waals surface area contributed by atoms with E-state index >= 15 is 0 Å². The number of hydrogen-bond donors (Lipinski definition) is 4. The molecule has 0 aliphatic rings. The molecule has 2 atom stereocenters. The molecule has 0 spiro atoms. The van der Waals surface area contributed by atoms with Crippen molar-refractivity contribution in [1.29, 1.82) is 0 Å². The first-order chi connectivity index (χ1) is 9.51. The minimum atomic E-state index is -1.39. The highest BCUT2D eigenvalue weighted by atomic mass is 35.5. The number of rotatable bonds is 8. The van der Waals surface area contributed by atoms with E-state index in [1.165, 1.54) is 0 Å². The standard InChI is InChI=1S/C14H20ClNO4/c15-10-14(20,7-4-8-17)12(16-13(18)19)9-11-5-2-1-3-6-11/h1-3,5-6,12,16-17,20H,4,7-10H2,(H,18,19)/t12-,14+/m0/s1. The maximum atomic E-state index is 10.9. The van der Waals surface area contributed by atoms with E-state index in [1.54, 1.807) is 0 Å². The highest BCUT2D eigenvalue weighted by Crippen LogP contribution is 2.23. The van der Waals surface area contributed by atoms with E-state index in [1.807, 2.05) is 30.3 Å². The second kappa shape index (κ2) is 8.09. The Morgan fingerprint density at radius 1 is 1.35 bits per heavy atom. The number of halogens is 1. The summed E-state index contributed by atoms with van der Waals surface area (Å²) in [4.78, 5) is 10.9. The van der Waals surface area contributed by atoms with E-state index in [-0.39, 0.29) is 18.9 Å². The molecule has 0 saturated heterocycles. The van der Waals surface area contributed by atoms with E-state index in [9.17, 15) is 9.90 Å². The minimum absolute atomic E-state index is 0.0790. The number of aliphatic hydroxyl groups excluding tert-OH is 1. The molecule has 0 radical (unpaired) electrons. The monoisotopic (exact) mass is 301 g/mol. The van der Waals surface area contributed by atoms with E-state index in [2.05, 4.69) is 5.32 Å². The van der Waals surface area contributed by atoms with Crippen molar-refractivity contribution in [3.05, 3.63) is 35.9 Å². The number of carboxylic acid groups (broad SMARTS) is 1. The molecule has 20 heavy (non-hydrogen) atoms. The van der Waals surface area contributed by atoms with Crippen LogP contribution in [-0.2, 0) is 6.42 Å². The Labute approximate surface area is 123 Å². The van der Waals surface area contributed by atoms with Crippen LogP contribution in [0.5, 0.6) is 0 Å². The molecule has 112 valence electrons. The Kier molecular flexibility index (Phi) is 6.78. The lowest BCUT2D eigenvalue weighted by atomic mass is 9.87. The maximum absolute atomic E-state index is 10.9. The second-order valence-corrected chi connectivity index (χ2v) is 5.02. The molecule has 0 aliphatic carbocycles. The van der Waals surface area contributed by atoms with Crippen LogP contribution in [0.15, 0.2) is 30.3 Å². The van der Waals surface area contributed by atoms with Crippen molar-refractivity contribution in [3.63, 3.8) is 0 Å². The van der Waals surface area contributed by atoms with E-state index < -0.39 is 17.7 Å². The number of benzene rings is 1. The Morgan fingerprint density at radius 2 is 2.00 bits per heavy atom. The van der Waals surface area contributed by atoms with Crippen LogP contribution in [0.1, 0.15) is 18.4 Å². The molecule has 0 fully saturated rings. The third-order valence-electron chi connectivity index (χ3n) is 3.23. The quantitative estimate of drug-likeness (QED) is 0.549. The van der Waals surface area contributed by atoms with Gasteiger partial charge in [0.25, 0.3) is 0 Å². The Morgan fingerprint density at radius 3 is 2.50 bits per heavy atom. The molecular weight excluding hydrogens is 282 g/mol. The molecule has 0 aliphatic heterocycles. The smallest absolute Gasteiger partial charge is 0.404 e. The highest BCUT2D eigenvalue weighted by molar-refractivity contribution is 6.18. The molecule has 0 heterocycles. The van der Waals surface area contributed by atoms with Gasteiger partial charge in [-0.2, -0.15) is 0 Å². The first-order valence-electron chi connectivity index (χ1n) is 6.44. The van der Waals surface area contributed by atoms with Crippen LogP contribution in [0, 0.1) is 0 Å². The number of nitrogens with one attached hydrogen (secondary N) is 1. The van der Waals surface area contributed by atoms with Gasteiger partial charge in [0.15, 0.2) is 0 Å². The van der Waals surface area contributed by atoms with Gasteiger partial charge in [-0.15, -0.1) is 11.6 Å². The fourth-order valence-corrected chi connectivity index (χ4v) is 2.41. The lowest BCUT2D eigenvalue weighted by molar-refractivity contribution is 0.0101. The molecule has 1 aromatic carbocycles. The van der Waals surface area contributed by atoms with Gasteiger partial charge < -0.3 is 20.6 Å². The number of alkyl halides is 1. The van der Waals surface area contributed by atoms with Crippen molar-refractivity contribution in [2.75, 3.05) is 12.5 Å². The molecule has 0 aromatic heterocycles. The number of carbonyl (C=O) groups is 1. The van der Waals surface area contributed by atoms with Gasteiger partial charge in [0.1, 0.15) is 0 Å². The second-order valence-electron chi connectivity index (χ2n) is 4.76. The van der Waals surface area contributed by atoms with Crippen molar-refractivity contribution >= 4 is 17.7 Å². The molecule has 1 amide bonds. The summed E-state index contributed by atoms with van der Waals surface area (Å²) >= 11 is 5.82. The summed E-state index contributed by atoms with van der Waals surface area (Å²) in [6, 6.07) is 8.55. The van der Waals surface area contributed by atoms with Crippen LogP contribution < -0.4 is 5.32 Å². The van der Waals surface area contributed by atoms with Gasteiger partial charge in [0.2, 0.25) is 0 Å². The first kappa shape index (κ1) is 16.8. The molecular formula is C14H20ClNO4. The summed E-state index contributed by atoms with van der Waals surface area (Å²) < 4.78 is 0. The summed E-state index contributed by atoms with van der Waals surface area (Å²) in [6.45, 7) is -0.0790. The van der Waals surface area contributed by atoms with Gasteiger partial charge in [0.05, 0.1) is 17.5 Å². The Bertz CT molecular complexity index is 415. The first-order valence-corrected chi connectivity index (χ1v) is 6.98. The molecule has 6 heteroatoms. The van der Waals surface area contributed by atoms with Crippen LogP contribution in [0.3, 0.4) is 0 Å². The third kappa shape index (κ3) is 5.00. The highest BCUT2D eigenvalue weighted by Gasteiger charge is 2.36. The van der Waals surface area contributed by atoms with Gasteiger partial charge >= 0.3 is 6.09 Å². The topological polar surface area (TPSA) is 89.8 Å².